The van der Waals surface area contributed by atoms with Crippen LogP contribution in [0.5, 0.6) is 5.75 Å². The van der Waals surface area contributed by atoms with Gasteiger partial charge in [0.1, 0.15) is 11.2 Å². The fourth-order valence-electron chi connectivity index (χ4n) is 4.30. The Balaban J connectivity index is 2.07. The molecular formula is C26H24N2O. The highest BCUT2D eigenvalue weighted by Gasteiger charge is 2.37. The van der Waals surface area contributed by atoms with E-state index in [0.717, 1.165) is 39.0 Å². The van der Waals surface area contributed by atoms with Gasteiger partial charge in [-0.25, -0.2) is 0 Å². The number of phenols is 1. The minimum atomic E-state index is -0.981. The van der Waals surface area contributed by atoms with Crippen molar-refractivity contribution < 1.29 is 5.11 Å². The smallest absolute Gasteiger partial charge is 0.132 e. The quantitative estimate of drug-likeness (QED) is 0.430. The lowest BCUT2D eigenvalue weighted by Crippen LogP contribution is -2.27. The molecule has 29 heavy (non-hydrogen) atoms. The number of phenolic OH excluding ortho intramolecular Hbond substituents is 1. The number of H-pyrrole nitrogens is 1. The standard InChI is InChI=1S/C26H24N2O/c1-16-11-17(2)13-22(12-16)26(15-27,20-5-8-23(29)9-6-20)21-7-10-24-18(3)19(4)28-25(24)14-21/h5-14,28-29H,1-4H3. The molecule has 1 unspecified atom stereocenters. The summed E-state index contributed by atoms with van der Waals surface area (Å²) >= 11 is 0. The Bertz CT molecular complexity index is 1240. The number of aromatic hydroxyl groups is 1. The number of nitrogens with one attached hydrogen (secondary N) is 1. The summed E-state index contributed by atoms with van der Waals surface area (Å²) in [6, 6.07) is 22.1. The summed E-state index contributed by atoms with van der Waals surface area (Å²) in [5, 5.41) is 21.6. The first-order valence-corrected chi connectivity index (χ1v) is 9.74. The lowest BCUT2D eigenvalue weighted by atomic mass is 9.70. The predicted octanol–water partition coefficient (Wildman–Crippen LogP) is 5.97. The van der Waals surface area contributed by atoms with Crippen molar-refractivity contribution in [2.24, 2.45) is 0 Å². The van der Waals surface area contributed by atoms with E-state index in [1.54, 1.807) is 12.1 Å². The van der Waals surface area contributed by atoms with Gasteiger partial charge in [-0.2, -0.15) is 5.26 Å². The molecule has 0 spiro atoms. The van der Waals surface area contributed by atoms with Crippen molar-refractivity contribution in [2.45, 2.75) is 33.1 Å². The summed E-state index contributed by atoms with van der Waals surface area (Å²) in [5.41, 5.74) is 7.32. The minimum absolute atomic E-state index is 0.187. The second kappa shape index (κ2) is 6.83. The van der Waals surface area contributed by atoms with Crippen LogP contribution in [0.2, 0.25) is 0 Å². The van der Waals surface area contributed by atoms with E-state index in [2.05, 4.69) is 75.1 Å². The van der Waals surface area contributed by atoms with Crippen LogP contribution in [-0.4, -0.2) is 10.1 Å². The number of aromatic amines is 1. The molecule has 0 bridgehead atoms. The van der Waals surface area contributed by atoms with Crippen molar-refractivity contribution in [2.75, 3.05) is 0 Å². The van der Waals surface area contributed by atoms with Gasteiger partial charge in [-0.05, 0) is 68.1 Å². The van der Waals surface area contributed by atoms with Crippen LogP contribution in [0.3, 0.4) is 0 Å². The molecule has 3 aromatic carbocycles. The van der Waals surface area contributed by atoms with Gasteiger partial charge in [-0.1, -0.05) is 53.6 Å². The molecule has 0 amide bonds. The third-order valence-electron chi connectivity index (χ3n) is 5.86. The first kappa shape index (κ1) is 18.8. The molecule has 2 N–H and O–H groups in total. The Labute approximate surface area is 171 Å². The first-order valence-electron chi connectivity index (χ1n) is 9.74. The van der Waals surface area contributed by atoms with E-state index >= 15 is 0 Å². The molecular weight excluding hydrogens is 356 g/mol. The maximum Gasteiger partial charge on any atom is 0.132 e. The van der Waals surface area contributed by atoms with Crippen molar-refractivity contribution in [3.8, 4) is 11.8 Å². The highest BCUT2D eigenvalue weighted by molar-refractivity contribution is 5.85. The molecule has 0 fully saturated rings. The fourth-order valence-corrected chi connectivity index (χ4v) is 4.30. The van der Waals surface area contributed by atoms with Crippen LogP contribution in [0.4, 0.5) is 0 Å². The summed E-state index contributed by atoms with van der Waals surface area (Å²) in [6.07, 6.45) is 0. The van der Waals surface area contributed by atoms with Crippen LogP contribution in [0.15, 0.2) is 60.7 Å². The SMILES string of the molecule is Cc1cc(C)cc(C(C#N)(c2ccc(O)cc2)c2ccc3c(C)c(C)[nH]c3c2)c1. The summed E-state index contributed by atoms with van der Waals surface area (Å²) in [4.78, 5) is 3.45. The number of benzene rings is 3. The van der Waals surface area contributed by atoms with Crippen molar-refractivity contribution in [1.29, 1.82) is 5.26 Å². The molecule has 4 rings (SSSR count). The van der Waals surface area contributed by atoms with Crippen molar-refractivity contribution in [3.05, 3.63) is 99.7 Å². The Morgan fingerprint density at radius 1 is 0.793 bits per heavy atom. The number of hydrogen-bond donors (Lipinski definition) is 2. The summed E-state index contributed by atoms with van der Waals surface area (Å²) in [5.74, 6) is 0.187. The zero-order valence-corrected chi connectivity index (χ0v) is 17.2. The predicted molar refractivity (Wildman–Crippen MR) is 117 cm³/mol. The van der Waals surface area contributed by atoms with Gasteiger partial charge in [-0.3, -0.25) is 0 Å². The van der Waals surface area contributed by atoms with Crippen LogP contribution in [0, 0.1) is 39.0 Å². The summed E-state index contributed by atoms with van der Waals surface area (Å²) < 4.78 is 0. The minimum Gasteiger partial charge on any atom is -0.508 e. The molecule has 0 aliphatic carbocycles. The summed E-state index contributed by atoms with van der Waals surface area (Å²) in [7, 11) is 0. The Morgan fingerprint density at radius 2 is 1.41 bits per heavy atom. The van der Waals surface area contributed by atoms with Crippen molar-refractivity contribution in [3.63, 3.8) is 0 Å². The zero-order chi connectivity index (χ0) is 20.8. The number of aromatic nitrogens is 1. The molecule has 4 aromatic rings. The second-order valence-corrected chi connectivity index (χ2v) is 7.92. The maximum atomic E-state index is 10.6. The molecule has 1 atom stereocenters. The van der Waals surface area contributed by atoms with E-state index in [1.807, 2.05) is 12.1 Å². The van der Waals surface area contributed by atoms with Crippen LogP contribution in [0.1, 0.15) is 39.1 Å². The Hall–Kier alpha value is -3.51. The first-order chi connectivity index (χ1) is 13.8. The highest BCUT2D eigenvalue weighted by atomic mass is 16.3. The number of hydrogen-bond acceptors (Lipinski definition) is 2. The zero-order valence-electron chi connectivity index (χ0n) is 17.2. The number of nitriles is 1. The molecule has 1 heterocycles. The molecule has 0 radical (unpaired) electrons. The van der Waals surface area contributed by atoms with Gasteiger partial charge in [0, 0.05) is 16.6 Å². The van der Waals surface area contributed by atoms with E-state index in [1.165, 1.54) is 10.9 Å². The summed E-state index contributed by atoms with van der Waals surface area (Å²) in [6.45, 7) is 8.28. The normalized spacial score (nSPS) is 13.2. The Kier molecular flexibility index (Phi) is 4.43. The van der Waals surface area contributed by atoms with Crippen LogP contribution >= 0.6 is 0 Å². The van der Waals surface area contributed by atoms with Gasteiger partial charge >= 0.3 is 0 Å². The fraction of sp³-hybridized carbons (Fsp3) is 0.192. The lowest BCUT2D eigenvalue weighted by Gasteiger charge is -2.29. The largest absolute Gasteiger partial charge is 0.508 e. The van der Waals surface area contributed by atoms with Gasteiger partial charge in [0.05, 0.1) is 6.07 Å². The van der Waals surface area contributed by atoms with E-state index in [4.69, 9.17) is 0 Å². The molecule has 0 aliphatic heterocycles. The van der Waals surface area contributed by atoms with Gasteiger partial charge in [0.25, 0.3) is 0 Å². The number of aryl methyl sites for hydroxylation is 4. The van der Waals surface area contributed by atoms with Gasteiger partial charge in [-0.15, -0.1) is 0 Å². The molecule has 3 heteroatoms. The van der Waals surface area contributed by atoms with Crippen LogP contribution < -0.4 is 0 Å². The monoisotopic (exact) mass is 380 g/mol. The van der Waals surface area contributed by atoms with Crippen LogP contribution in [-0.2, 0) is 5.41 Å². The Morgan fingerprint density at radius 3 is 2.03 bits per heavy atom. The molecule has 0 aliphatic rings. The number of fused-ring (bicyclic) bond motifs is 1. The second-order valence-electron chi connectivity index (χ2n) is 7.92. The number of rotatable bonds is 3. The van der Waals surface area contributed by atoms with Gasteiger partial charge < -0.3 is 10.1 Å². The molecule has 0 saturated heterocycles. The van der Waals surface area contributed by atoms with E-state index in [-0.39, 0.29) is 5.75 Å². The third-order valence-corrected chi connectivity index (χ3v) is 5.86. The number of nitrogens with zero attached hydrogens (tertiary/aromatic N) is 1. The van der Waals surface area contributed by atoms with Gasteiger partial charge in [0.2, 0.25) is 0 Å². The average molecular weight is 380 g/mol. The van der Waals surface area contributed by atoms with Gasteiger partial charge in [0.15, 0.2) is 0 Å². The van der Waals surface area contributed by atoms with Crippen molar-refractivity contribution >= 4 is 10.9 Å². The van der Waals surface area contributed by atoms with Crippen molar-refractivity contribution in [1.82, 2.24) is 4.98 Å². The molecule has 144 valence electrons. The highest BCUT2D eigenvalue weighted by Crippen LogP contribution is 2.41. The molecule has 1 aromatic heterocycles. The average Bonchev–Trinajstić information content (AvgIpc) is 2.97. The topological polar surface area (TPSA) is 59.8 Å². The molecule has 0 saturated carbocycles. The maximum absolute atomic E-state index is 10.6. The van der Waals surface area contributed by atoms with E-state index in [9.17, 15) is 10.4 Å². The van der Waals surface area contributed by atoms with Crippen LogP contribution in [0.25, 0.3) is 10.9 Å². The van der Waals surface area contributed by atoms with E-state index < -0.39 is 5.41 Å². The third kappa shape index (κ3) is 2.98. The van der Waals surface area contributed by atoms with E-state index in [0.29, 0.717) is 0 Å². The molecule has 3 nitrogen and oxygen atoms in total. The lowest BCUT2D eigenvalue weighted by molar-refractivity contribution is 0.475.